The average molecular weight is 938 g/mol. The third-order valence-electron chi connectivity index (χ3n) is 8.36. The number of benzene rings is 1. The van der Waals surface area contributed by atoms with Crippen LogP contribution in [0.15, 0.2) is 41.8 Å². The lowest BCUT2D eigenvalue weighted by Gasteiger charge is -2.51. The Morgan fingerprint density at radius 3 is 2.14 bits per heavy atom. The molecule has 2 atom stereocenters. The van der Waals surface area contributed by atoms with Gasteiger partial charge in [-0.15, -0.1) is 4.68 Å². The van der Waals surface area contributed by atoms with Crippen molar-refractivity contribution in [1.82, 2.24) is 29.7 Å². The second-order valence-corrected chi connectivity index (χ2v) is 19.6. The molecule has 1 saturated heterocycles. The molecule has 1 aliphatic rings. The molecule has 1 aromatic carbocycles. The molecule has 0 saturated carbocycles. The van der Waals surface area contributed by atoms with Gasteiger partial charge >= 0.3 is 18.2 Å². The zero-order chi connectivity index (χ0) is 48.0. The summed E-state index contributed by atoms with van der Waals surface area (Å²) in [6.07, 6.45) is 1.58. The van der Waals surface area contributed by atoms with Crippen LogP contribution in [0.5, 0.6) is 5.75 Å². The number of amides is 4. The fourth-order valence-electron chi connectivity index (χ4n) is 5.58. The molecular weight excluding hydrogens is 883 g/mol. The van der Waals surface area contributed by atoms with Crippen molar-refractivity contribution in [2.24, 2.45) is 12.2 Å². The number of esters is 1. The number of anilines is 1. The number of hydroxylamine groups is 2. The molecule has 0 unspecified atom stereocenters. The van der Waals surface area contributed by atoms with Crippen LogP contribution in [0.3, 0.4) is 0 Å². The van der Waals surface area contributed by atoms with Crippen LogP contribution in [0, 0.1) is 0 Å². The quantitative estimate of drug-likeness (QED) is 0.0202. The maximum absolute atomic E-state index is 13.8. The van der Waals surface area contributed by atoms with Gasteiger partial charge in [0.15, 0.2) is 7.05 Å². The first-order valence-electron chi connectivity index (χ1n) is 19.8. The minimum absolute atomic E-state index is 0.126. The molecule has 4 rings (SSSR count). The highest BCUT2D eigenvalue weighted by molar-refractivity contribution is 7.80. The van der Waals surface area contributed by atoms with Crippen LogP contribution >= 0.6 is 11.5 Å². The standard InChI is InChI=1S/C39H55N9O14S2/c1-36(2,3)58-32(51)26(22-57-25-16-14-23(15-17-25)24-20-46(12)47(21-24)19-13-18-40-34(52)59-37(4,5)6)61-44-27(29-42-33(63-45-29)43-35(53)60-38(7,8)9)30(49)41-28-31(50)48(39(28,10)11)62-64(54,55)56/h14-17,20-21,26,28H,13,18-19,22H2,1-12H3,(H3-,40,41,42,43,45,49,52,53,54,55,56)/b44-27-/t26-,28+/m0/s1. The van der Waals surface area contributed by atoms with Crippen LogP contribution in [0.25, 0.3) is 11.1 Å². The number of carbonyl (C=O) groups excluding carboxylic acids is 5. The number of oxime groups is 1. The average Bonchev–Trinajstić information content (AvgIpc) is 3.75. The number of alkyl carbamates (subject to hydrolysis) is 1. The molecule has 64 heavy (non-hydrogen) atoms. The first kappa shape index (κ1) is 50.7. The molecule has 1 fully saturated rings. The largest absolute Gasteiger partial charge is 0.724 e. The van der Waals surface area contributed by atoms with Crippen molar-refractivity contribution < 1.29 is 69.7 Å². The number of nitrogens with zero attached hydrogens (tertiary/aromatic N) is 6. The van der Waals surface area contributed by atoms with E-state index in [9.17, 15) is 36.9 Å². The van der Waals surface area contributed by atoms with Gasteiger partial charge in [-0.1, -0.05) is 17.3 Å². The number of ether oxygens (including phenoxy) is 4. The van der Waals surface area contributed by atoms with E-state index < -0.39 is 93.0 Å². The van der Waals surface area contributed by atoms with Gasteiger partial charge in [0.25, 0.3) is 17.9 Å². The highest BCUT2D eigenvalue weighted by Crippen LogP contribution is 2.33. The summed E-state index contributed by atoms with van der Waals surface area (Å²) >= 11 is 0.636. The molecule has 3 aromatic rings. The topological polar surface area (TPSA) is 284 Å². The fraction of sp³-hybridized carbons (Fsp3) is 0.564. The summed E-state index contributed by atoms with van der Waals surface area (Å²) in [4.78, 5) is 74.3. The lowest BCUT2D eigenvalue weighted by atomic mass is 9.84. The maximum Gasteiger partial charge on any atom is 0.414 e. The number of aromatic nitrogens is 4. The summed E-state index contributed by atoms with van der Waals surface area (Å²) in [6.45, 7) is 18.4. The van der Waals surface area contributed by atoms with Gasteiger partial charge in [0.05, 0.1) is 23.8 Å². The van der Waals surface area contributed by atoms with Gasteiger partial charge in [-0.25, -0.2) is 22.8 Å². The Morgan fingerprint density at radius 1 is 0.953 bits per heavy atom. The summed E-state index contributed by atoms with van der Waals surface area (Å²) in [5, 5.41) is 11.6. The van der Waals surface area contributed by atoms with E-state index >= 15 is 0 Å². The van der Waals surface area contributed by atoms with E-state index in [-0.39, 0.29) is 5.13 Å². The predicted octanol–water partition coefficient (Wildman–Crippen LogP) is 3.10. The van der Waals surface area contributed by atoms with Gasteiger partial charge in [-0.3, -0.25) is 14.9 Å². The molecular formula is C39H55N9O14S2. The zero-order valence-corrected chi connectivity index (χ0v) is 39.3. The molecule has 1 aliphatic heterocycles. The highest BCUT2D eigenvalue weighted by Gasteiger charge is 2.57. The van der Waals surface area contributed by atoms with Crippen molar-refractivity contribution in [3.8, 4) is 16.9 Å². The zero-order valence-electron chi connectivity index (χ0n) is 37.7. The number of carbonyl (C=O) groups is 5. The Kier molecular flexibility index (Phi) is 15.7. The number of nitrogens with one attached hydrogen (secondary N) is 3. The second kappa shape index (κ2) is 19.9. The maximum atomic E-state index is 13.8. The number of β-lactam (4-membered cyclic amide) rings is 1. The Morgan fingerprint density at radius 2 is 1.56 bits per heavy atom. The summed E-state index contributed by atoms with van der Waals surface area (Å²) in [6, 6.07) is 5.51. The van der Waals surface area contributed by atoms with E-state index in [0.29, 0.717) is 41.9 Å². The third-order valence-corrected chi connectivity index (χ3v) is 9.32. The summed E-state index contributed by atoms with van der Waals surface area (Å²) < 4.78 is 67.9. The van der Waals surface area contributed by atoms with Gasteiger partial charge in [0, 0.05) is 18.1 Å². The SMILES string of the molecule is C[n+]1cc(-c2ccc(OC[C@H](O/N=C(\C(=O)N[C@@H]3C(=O)N(OS(=O)(=O)[O-])C3(C)C)c3nsc(NC(=O)OC(C)(C)C)n3)C(=O)OC(C)(C)C)cc2)cn1CCCNC(=O)OC(C)(C)C. The minimum Gasteiger partial charge on any atom is -0.724 e. The van der Waals surface area contributed by atoms with Crippen molar-refractivity contribution in [2.45, 2.75) is 124 Å². The number of rotatable bonds is 17. The first-order chi connectivity index (χ1) is 29.4. The van der Waals surface area contributed by atoms with E-state index in [4.69, 9.17) is 23.8 Å². The lowest BCUT2D eigenvalue weighted by Crippen LogP contribution is -2.76. The van der Waals surface area contributed by atoms with Crippen molar-refractivity contribution in [3.63, 3.8) is 0 Å². The van der Waals surface area contributed by atoms with Crippen LogP contribution < -0.4 is 25.4 Å². The molecule has 3 N–H and O–H groups in total. The van der Waals surface area contributed by atoms with Crippen molar-refractivity contribution >= 4 is 62.7 Å². The van der Waals surface area contributed by atoms with E-state index in [1.165, 1.54) is 13.8 Å². The summed E-state index contributed by atoms with van der Waals surface area (Å²) in [5.74, 6) is -3.25. The van der Waals surface area contributed by atoms with Gasteiger partial charge in [0.2, 0.25) is 33.3 Å². The summed E-state index contributed by atoms with van der Waals surface area (Å²) in [7, 11) is -3.45. The molecule has 352 valence electrons. The van der Waals surface area contributed by atoms with Crippen LogP contribution in [-0.2, 0) is 61.7 Å². The third kappa shape index (κ3) is 15.1. The molecule has 2 aromatic heterocycles. The molecule has 23 nitrogen and oxygen atoms in total. The predicted molar refractivity (Wildman–Crippen MR) is 226 cm³/mol. The van der Waals surface area contributed by atoms with Crippen molar-refractivity contribution in [2.75, 3.05) is 18.5 Å². The van der Waals surface area contributed by atoms with Crippen molar-refractivity contribution in [1.29, 1.82) is 0 Å². The second-order valence-electron chi connectivity index (χ2n) is 17.9. The van der Waals surface area contributed by atoms with Crippen LogP contribution in [0.1, 0.15) is 88.4 Å². The smallest absolute Gasteiger partial charge is 0.414 e. The fourth-order valence-corrected chi connectivity index (χ4v) is 6.58. The monoisotopic (exact) mass is 937 g/mol. The first-order valence-corrected chi connectivity index (χ1v) is 21.9. The molecule has 0 spiro atoms. The lowest BCUT2D eigenvalue weighted by molar-refractivity contribution is -0.753. The molecule has 4 amide bonds. The van der Waals surface area contributed by atoms with E-state index in [1.807, 2.05) is 40.9 Å². The van der Waals surface area contributed by atoms with Gasteiger partial charge < -0.3 is 39.0 Å². The van der Waals surface area contributed by atoms with E-state index in [2.05, 4.69) is 34.7 Å². The Bertz CT molecular complexity index is 2320. The highest BCUT2D eigenvalue weighted by atomic mass is 32.3. The minimum atomic E-state index is -5.34. The molecule has 0 bridgehead atoms. The van der Waals surface area contributed by atoms with Crippen LogP contribution in [0.2, 0.25) is 0 Å². The molecule has 25 heteroatoms. The van der Waals surface area contributed by atoms with Crippen LogP contribution in [-0.4, -0.2) is 115 Å². The van der Waals surface area contributed by atoms with Gasteiger partial charge in [-0.2, -0.15) is 23.4 Å². The van der Waals surface area contributed by atoms with Crippen molar-refractivity contribution in [3.05, 3.63) is 42.5 Å². The summed E-state index contributed by atoms with van der Waals surface area (Å²) in [5.41, 5.74) is -2.94. The van der Waals surface area contributed by atoms with Crippen LogP contribution in [0.4, 0.5) is 14.7 Å². The Labute approximate surface area is 374 Å². The number of hydrogen-bond donors (Lipinski definition) is 3. The molecule has 0 aliphatic carbocycles. The Balaban J connectivity index is 1.53. The van der Waals surface area contributed by atoms with E-state index in [0.717, 1.165) is 11.1 Å². The Hall–Kier alpha value is -5.92. The molecule has 0 radical (unpaired) electrons. The number of hydrogen-bond acceptors (Lipinski definition) is 18. The van der Waals surface area contributed by atoms with E-state index in [1.54, 1.807) is 74.4 Å². The molecule has 3 heterocycles. The normalized spacial score (nSPS) is 16.0. The van der Waals surface area contributed by atoms with Gasteiger partial charge in [-0.05, 0) is 100 Å². The van der Waals surface area contributed by atoms with Gasteiger partial charge in [0.1, 0.15) is 35.2 Å². The number of aryl methyl sites for hydroxylation is 2.